The van der Waals surface area contributed by atoms with Crippen molar-refractivity contribution >= 4 is 63.5 Å². The van der Waals surface area contributed by atoms with Gasteiger partial charge in [0.05, 0.1) is 4.91 Å². The molecule has 0 atom stereocenters. The van der Waals surface area contributed by atoms with Crippen LogP contribution in [0.2, 0.25) is 10.0 Å². The number of thiocarbonyl (C=S) groups is 1. The molecule has 2 aromatic carbocycles. The molecule has 1 aliphatic heterocycles. The van der Waals surface area contributed by atoms with E-state index in [-0.39, 0.29) is 5.91 Å². The second-order valence-electron chi connectivity index (χ2n) is 5.68. The Morgan fingerprint density at radius 3 is 2.56 bits per heavy atom. The van der Waals surface area contributed by atoms with Crippen LogP contribution in [0, 0.1) is 0 Å². The lowest BCUT2D eigenvalue weighted by Gasteiger charge is -2.11. The quantitative estimate of drug-likeness (QED) is 0.318. The highest BCUT2D eigenvalue weighted by Crippen LogP contribution is 2.35. The number of hydrogen-bond donors (Lipinski definition) is 0. The van der Waals surface area contributed by atoms with Gasteiger partial charge in [-0.2, -0.15) is 0 Å². The Kier molecular flexibility index (Phi) is 6.60. The number of benzene rings is 2. The fourth-order valence-corrected chi connectivity index (χ4v) is 4.01. The predicted molar refractivity (Wildman–Crippen MR) is 117 cm³/mol. The van der Waals surface area contributed by atoms with Gasteiger partial charge < -0.3 is 4.74 Å². The van der Waals surface area contributed by atoms with E-state index in [0.29, 0.717) is 38.2 Å². The van der Waals surface area contributed by atoms with Crippen LogP contribution in [-0.2, 0) is 11.4 Å². The number of hydrogen-bond acceptors (Lipinski definition) is 4. The van der Waals surface area contributed by atoms with Crippen LogP contribution in [0.25, 0.3) is 6.08 Å². The Labute approximate surface area is 177 Å². The number of nitrogens with zero attached hydrogens (tertiary/aromatic N) is 1. The molecule has 1 aliphatic rings. The van der Waals surface area contributed by atoms with Gasteiger partial charge in [-0.1, -0.05) is 65.4 Å². The number of rotatable bonds is 6. The van der Waals surface area contributed by atoms with Gasteiger partial charge in [-0.05, 0) is 42.0 Å². The molecule has 27 heavy (non-hydrogen) atoms. The van der Waals surface area contributed by atoms with Gasteiger partial charge >= 0.3 is 0 Å². The van der Waals surface area contributed by atoms with Gasteiger partial charge in [-0.3, -0.25) is 9.69 Å². The van der Waals surface area contributed by atoms with E-state index in [9.17, 15) is 4.79 Å². The van der Waals surface area contributed by atoms with Crippen LogP contribution in [0.3, 0.4) is 0 Å². The van der Waals surface area contributed by atoms with Crippen molar-refractivity contribution < 1.29 is 9.53 Å². The zero-order valence-electron chi connectivity index (χ0n) is 14.2. The third-order valence-electron chi connectivity index (χ3n) is 3.75. The van der Waals surface area contributed by atoms with Gasteiger partial charge in [0.25, 0.3) is 5.91 Å². The molecule has 138 valence electrons. The van der Waals surface area contributed by atoms with Gasteiger partial charge in [-0.15, -0.1) is 6.58 Å². The Balaban J connectivity index is 1.84. The molecule has 0 aromatic heterocycles. The lowest BCUT2D eigenvalue weighted by Crippen LogP contribution is -2.27. The summed E-state index contributed by atoms with van der Waals surface area (Å²) in [6.07, 6.45) is 3.40. The molecule has 0 radical (unpaired) electrons. The van der Waals surface area contributed by atoms with Crippen LogP contribution in [0.15, 0.2) is 60.0 Å². The minimum Gasteiger partial charge on any atom is -0.488 e. The maximum Gasteiger partial charge on any atom is 0.266 e. The topological polar surface area (TPSA) is 29.5 Å². The van der Waals surface area contributed by atoms with Crippen LogP contribution >= 0.6 is 47.2 Å². The highest BCUT2D eigenvalue weighted by molar-refractivity contribution is 8.26. The first-order valence-electron chi connectivity index (χ1n) is 8.01. The molecular weight excluding hydrogens is 421 g/mol. The average molecular weight is 436 g/mol. The molecule has 0 unspecified atom stereocenters. The van der Waals surface area contributed by atoms with E-state index in [2.05, 4.69) is 6.58 Å². The van der Waals surface area contributed by atoms with Crippen molar-refractivity contribution in [2.45, 2.75) is 6.61 Å². The Hall–Kier alpha value is -1.79. The van der Waals surface area contributed by atoms with Crippen LogP contribution < -0.4 is 4.74 Å². The van der Waals surface area contributed by atoms with Crippen LogP contribution in [-0.4, -0.2) is 21.7 Å². The summed E-state index contributed by atoms with van der Waals surface area (Å²) in [5, 5.41) is 1.23. The van der Waals surface area contributed by atoms with Crippen molar-refractivity contribution in [1.29, 1.82) is 0 Å². The van der Waals surface area contributed by atoms with Crippen molar-refractivity contribution in [1.82, 2.24) is 4.90 Å². The van der Waals surface area contributed by atoms with E-state index < -0.39 is 0 Å². The highest BCUT2D eigenvalue weighted by atomic mass is 35.5. The summed E-state index contributed by atoms with van der Waals surface area (Å²) < 4.78 is 6.45. The molecule has 1 heterocycles. The molecule has 0 aliphatic carbocycles. The largest absolute Gasteiger partial charge is 0.488 e. The first-order chi connectivity index (χ1) is 13.0. The molecule has 3 rings (SSSR count). The summed E-state index contributed by atoms with van der Waals surface area (Å²) in [6, 6.07) is 12.7. The molecule has 0 spiro atoms. The third kappa shape index (κ3) is 4.93. The first-order valence-corrected chi connectivity index (χ1v) is 9.99. The molecule has 0 bridgehead atoms. The lowest BCUT2D eigenvalue weighted by atomic mass is 10.1. The number of carbonyl (C=O) groups excluding carboxylic acids is 1. The minimum absolute atomic E-state index is 0.145. The maximum atomic E-state index is 12.5. The van der Waals surface area contributed by atoms with Crippen LogP contribution in [0.5, 0.6) is 5.75 Å². The predicted octanol–water partition coefficient (Wildman–Crippen LogP) is 5.96. The summed E-state index contributed by atoms with van der Waals surface area (Å²) in [6.45, 7) is 4.42. The number of thioether (sulfide) groups is 1. The molecule has 1 amide bonds. The molecular formula is C20H15Cl2NO2S2. The molecule has 3 nitrogen and oxygen atoms in total. The lowest BCUT2D eigenvalue weighted by molar-refractivity contribution is -0.121. The van der Waals surface area contributed by atoms with Crippen molar-refractivity contribution in [2.75, 3.05) is 6.54 Å². The molecule has 0 N–H and O–H groups in total. The van der Waals surface area contributed by atoms with Crippen LogP contribution in [0.1, 0.15) is 11.1 Å². The number of carbonyl (C=O) groups is 1. The first kappa shape index (κ1) is 20.0. The van der Waals surface area contributed by atoms with Gasteiger partial charge in [-0.25, -0.2) is 0 Å². The summed E-state index contributed by atoms with van der Waals surface area (Å²) in [5.41, 5.74) is 1.70. The molecule has 2 aromatic rings. The number of ether oxygens (including phenoxy) is 1. The summed E-state index contributed by atoms with van der Waals surface area (Å²) >= 11 is 18.6. The second kappa shape index (κ2) is 8.93. The van der Waals surface area contributed by atoms with Crippen LogP contribution in [0.4, 0.5) is 0 Å². The van der Waals surface area contributed by atoms with Gasteiger partial charge in [0, 0.05) is 22.2 Å². The van der Waals surface area contributed by atoms with Crippen molar-refractivity contribution in [3.8, 4) is 5.75 Å². The summed E-state index contributed by atoms with van der Waals surface area (Å²) in [7, 11) is 0. The smallest absolute Gasteiger partial charge is 0.266 e. The molecule has 7 heteroatoms. The monoisotopic (exact) mass is 435 g/mol. The minimum atomic E-state index is -0.145. The van der Waals surface area contributed by atoms with E-state index in [1.54, 1.807) is 30.4 Å². The SMILES string of the molecule is C=CCN1C(=O)C(=Cc2cc(Cl)ccc2OCc2ccc(Cl)cc2)SC1=S. The zero-order valence-corrected chi connectivity index (χ0v) is 17.3. The van der Waals surface area contributed by atoms with Gasteiger partial charge in [0.2, 0.25) is 0 Å². The number of halogens is 2. The van der Waals surface area contributed by atoms with E-state index in [0.717, 1.165) is 11.1 Å². The maximum absolute atomic E-state index is 12.5. The molecule has 1 saturated heterocycles. The van der Waals surface area contributed by atoms with E-state index in [1.165, 1.54) is 16.7 Å². The second-order valence-corrected chi connectivity index (χ2v) is 8.23. The van der Waals surface area contributed by atoms with Crippen molar-refractivity contribution in [3.05, 3.63) is 81.2 Å². The molecule has 0 saturated carbocycles. The fourth-order valence-electron chi connectivity index (χ4n) is 2.43. The van der Waals surface area contributed by atoms with Crippen molar-refractivity contribution in [3.63, 3.8) is 0 Å². The summed E-state index contributed by atoms with van der Waals surface area (Å²) in [5.74, 6) is 0.483. The highest BCUT2D eigenvalue weighted by Gasteiger charge is 2.31. The number of amides is 1. The van der Waals surface area contributed by atoms with E-state index in [4.69, 9.17) is 40.2 Å². The van der Waals surface area contributed by atoms with Crippen molar-refractivity contribution in [2.24, 2.45) is 0 Å². The standard InChI is InChI=1S/C20H15Cl2NO2S2/c1-2-9-23-19(24)18(27-20(23)26)11-14-10-16(22)7-8-17(14)25-12-13-3-5-15(21)6-4-13/h2-8,10-11H,1,9,12H2. The summed E-state index contributed by atoms with van der Waals surface area (Å²) in [4.78, 5) is 14.6. The van der Waals surface area contributed by atoms with E-state index in [1.807, 2.05) is 24.3 Å². The third-order valence-corrected chi connectivity index (χ3v) is 5.62. The zero-order chi connectivity index (χ0) is 19.4. The Bertz CT molecular complexity index is 926. The van der Waals surface area contributed by atoms with E-state index >= 15 is 0 Å². The normalized spacial score (nSPS) is 15.5. The van der Waals surface area contributed by atoms with Gasteiger partial charge in [0.1, 0.15) is 16.7 Å². The molecule has 1 fully saturated rings. The van der Waals surface area contributed by atoms with Gasteiger partial charge in [0.15, 0.2) is 0 Å². The fraction of sp³-hybridized carbons (Fsp3) is 0.100. The Morgan fingerprint density at radius 1 is 1.15 bits per heavy atom. The Morgan fingerprint density at radius 2 is 1.85 bits per heavy atom. The average Bonchev–Trinajstić information content (AvgIpc) is 2.90.